The molecule has 1 aliphatic heterocycles. The summed E-state index contributed by atoms with van der Waals surface area (Å²) in [7, 11) is 0. The minimum atomic E-state index is -0.133. The van der Waals surface area contributed by atoms with Gasteiger partial charge in [0.25, 0.3) is 5.91 Å². The Balaban J connectivity index is 1.47. The average Bonchev–Trinajstić information content (AvgIpc) is 2.98. The van der Waals surface area contributed by atoms with Crippen LogP contribution >= 0.6 is 0 Å². The summed E-state index contributed by atoms with van der Waals surface area (Å²) in [6, 6.07) is 12.0. The summed E-state index contributed by atoms with van der Waals surface area (Å²) in [6.07, 6.45) is 4.65. The number of pyridine rings is 1. The number of hydrogen-bond donors (Lipinski definition) is 1. The second-order valence-corrected chi connectivity index (χ2v) is 6.61. The van der Waals surface area contributed by atoms with Crippen molar-refractivity contribution in [3.8, 4) is 0 Å². The van der Waals surface area contributed by atoms with E-state index in [1.807, 2.05) is 36.1 Å². The van der Waals surface area contributed by atoms with Crippen LogP contribution in [0.1, 0.15) is 27.9 Å². The van der Waals surface area contributed by atoms with E-state index in [0.29, 0.717) is 25.1 Å². The fourth-order valence-corrected chi connectivity index (χ4v) is 3.13. The molecule has 1 fully saturated rings. The highest BCUT2D eigenvalue weighted by Gasteiger charge is 2.29. The summed E-state index contributed by atoms with van der Waals surface area (Å²) in [5.41, 5.74) is 2.75. The van der Waals surface area contributed by atoms with Crippen LogP contribution in [0.5, 0.6) is 0 Å². The summed E-state index contributed by atoms with van der Waals surface area (Å²) >= 11 is 0. The zero-order valence-corrected chi connectivity index (χ0v) is 14.4. The lowest BCUT2D eigenvalue weighted by molar-refractivity contribution is -0.127. The standard InChI is InChI=1S/C20H23N3O2/c1-15-9-18(13-21-11-15)20(25)22-12-17-10-19(24)23(14-17)8-7-16-5-3-2-4-6-16/h2-6,9,11,13,17H,7-8,10,12,14H2,1H3,(H,22,25)/t17-/m0/s1. The van der Waals surface area contributed by atoms with Crippen molar-refractivity contribution in [1.82, 2.24) is 15.2 Å². The van der Waals surface area contributed by atoms with E-state index >= 15 is 0 Å². The molecule has 5 nitrogen and oxygen atoms in total. The lowest BCUT2D eigenvalue weighted by Crippen LogP contribution is -2.32. The molecule has 1 aromatic heterocycles. The number of likely N-dealkylation sites (tertiary alicyclic amines) is 1. The van der Waals surface area contributed by atoms with Crippen molar-refractivity contribution >= 4 is 11.8 Å². The molecule has 2 amide bonds. The van der Waals surface area contributed by atoms with Crippen LogP contribution in [0.25, 0.3) is 0 Å². The molecule has 1 aliphatic rings. The molecule has 0 spiro atoms. The van der Waals surface area contributed by atoms with Crippen LogP contribution in [0.2, 0.25) is 0 Å². The molecule has 2 aromatic rings. The number of aryl methyl sites for hydroxylation is 1. The van der Waals surface area contributed by atoms with Crippen LogP contribution in [0.4, 0.5) is 0 Å². The van der Waals surface area contributed by atoms with Crippen molar-refractivity contribution in [3.05, 3.63) is 65.5 Å². The summed E-state index contributed by atoms with van der Waals surface area (Å²) in [5, 5.41) is 2.93. The van der Waals surface area contributed by atoms with Crippen LogP contribution in [0.3, 0.4) is 0 Å². The molecule has 0 bridgehead atoms. The Morgan fingerprint density at radius 1 is 1.28 bits per heavy atom. The number of carbonyl (C=O) groups is 2. The largest absolute Gasteiger partial charge is 0.352 e. The van der Waals surface area contributed by atoms with Gasteiger partial charge in [0.15, 0.2) is 0 Å². The lowest BCUT2D eigenvalue weighted by Gasteiger charge is -2.17. The number of nitrogens with one attached hydrogen (secondary N) is 1. The monoisotopic (exact) mass is 337 g/mol. The molecule has 1 atom stereocenters. The molecule has 0 aliphatic carbocycles. The maximum atomic E-state index is 12.2. The van der Waals surface area contributed by atoms with E-state index in [4.69, 9.17) is 0 Å². The first-order valence-corrected chi connectivity index (χ1v) is 8.63. The summed E-state index contributed by atoms with van der Waals surface area (Å²) in [6.45, 7) is 3.86. The molecular formula is C20H23N3O2. The second kappa shape index (κ2) is 7.92. The van der Waals surface area contributed by atoms with Gasteiger partial charge in [-0.3, -0.25) is 14.6 Å². The Morgan fingerprint density at radius 2 is 2.08 bits per heavy atom. The van der Waals surface area contributed by atoms with E-state index in [-0.39, 0.29) is 17.7 Å². The number of amides is 2. The Morgan fingerprint density at radius 3 is 2.84 bits per heavy atom. The number of carbonyl (C=O) groups excluding carboxylic acids is 2. The van der Waals surface area contributed by atoms with Gasteiger partial charge in [-0.05, 0) is 30.5 Å². The lowest BCUT2D eigenvalue weighted by atomic mass is 10.1. The van der Waals surface area contributed by atoms with E-state index in [9.17, 15) is 9.59 Å². The molecule has 1 aromatic carbocycles. The molecule has 1 saturated heterocycles. The molecule has 2 heterocycles. The van der Waals surface area contributed by atoms with Gasteiger partial charge in [0.05, 0.1) is 5.56 Å². The summed E-state index contributed by atoms with van der Waals surface area (Å²) in [4.78, 5) is 30.3. The van der Waals surface area contributed by atoms with Crippen molar-refractivity contribution in [2.24, 2.45) is 5.92 Å². The molecule has 0 radical (unpaired) electrons. The third kappa shape index (κ3) is 4.66. The first kappa shape index (κ1) is 17.1. The smallest absolute Gasteiger partial charge is 0.252 e. The van der Waals surface area contributed by atoms with Gasteiger partial charge >= 0.3 is 0 Å². The maximum absolute atomic E-state index is 12.2. The fraction of sp³-hybridized carbons (Fsp3) is 0.350. The number of rotatable bonds is 6. The molecule has 0 unspecified atom stereocenters. The van der Waals surface area contributed by atoms with E-state index < -0.39 is 0 Å². The Bertz CT molecular complexity index is 746. The van der Waals surface area contributed by atoms with Gasteiger partial charge in [0, 0.05) is 44.4 Å². The predicted molar refractivity (Wildman–Crippen MR) is 96.1 cm³/mol. The maximum Gasteiger partial charge on any atom is 0.252 e. The molecular weight excluding hydrogens is 314 g/mol. The van der Waals surface area contributed by atoms with Gasteiger partial charge in [-0.25, -0.2) is 0 Å². The Kier molecular flexibility index (Phi) is 5.43. The molecule has 3 rings (SSSR count). The van der Waals surface area contributed by atoms with Crippen molar-refractivity contribution in [1.29, 1.82) is 0 Å². The van der Waals surface area contributed by atoms with Crippen LogP contribution in [0, 0.1) is 12.8 Å². The van der Waals surface area contributed by atoms with Crippen molar-refractivity contribution in [3.63, 3.8) is 0 Å². The number of aromatic nitrogens is 1. The van der Waals surface area contributed by atoms with E-state index in [1.165, 1.54) is 5.56 Å². The highest BCUT2D eigenvalue weighted by atomic mass is 16.2. The second-order valence-electron chi connectivity index (χ2n) is 6.61. The van der Waals surface area contributed by atoms with E-state index in [0.717, 1.165) is 18.5 Å². The van der Waals surface area contributed by atoms with Gasteiger partial charge in [0.2, 0.25) is 5.91 Å². The average molecular weight is 337 g/mol. The fourth-order valence-electron chi connectivity index (χ4n) is 3.13. The normalized spacial score (nSPS) is 16.9. The summed E-state index contributed by atoms with van der Waals surface area (Å²) < 4.78 is 0. The van der Waals surface area contributed by atoms with E-state index in [1.54, 1.807) is 12.4 Å². The van der Waals surface area contributed by atoms with Crippen LogP contribution in [-0.2, 0) is 11.2 Å². The van der Waals surface area contributed by atoms with Crippen molar-refractivity contribution in [2.45, 2.75) is 19.8 Å². The number of hydrogen-bond acceptors (Lipinski definition) is 3. The minimum absolute atomic E-state index is 0.133. The SMILES string of the molecule is Cc1cncc(C(=O)NC[C@@H]2CC(=O)N(CCc3ccccc3)C2)c1. The highest BCUT2D eigenvalue weighted by Crippen LogP contribution is 2.18. The van der Waals surface area contributed by atoms with Crippen molar-refractivity contribution < 1.29 is 9.59 Å². The Hall–Kier alpha value is -2.69. The molecule has 130 valence electrons. The molecule has 5 heteroatoms. The third-order valence-electron chi connectivity index (χ3n) is 4.50. The topological polar surface area (TPSA) is 62.3 Å². The molecule has 1 N–H and O–H groups in total. The van der Waals surface area contributed by atoms with E-state index in [2.05, 4.69) is 22.4 Å². The zero-order chi connectivity index (χ0) is 17.6. The van der Waals surface area contributed by atoms with Gasteiger partial charge in [0.1, 0.15) is 0 Å². The quantitative estimate of drug-likeness (QED) is 0.879. The van der Waals surface area contributed by atoms with Gasteiger partial charge in [-0.2, -0.15) is 0 Å². The zero-order valence-electron chi connectivity index (χ0n) is 14.4. The number of benzene rings is 1. The molecule has 0 saturated carbocycles. The third-order valence-corrected chi connectivity index (χ3v) is 4.50. The Labute approximate surface area is 148 Å². The molecule has 25 heavy (non-hydrogen) atoms. The van der Waals surface area contributed by atoms with Crippen LogP contribution in [0.15, 0.2) is 48.8 Å². The summed E-state index contributed by atoms with van der Waals surface area (Å²) in [5.74, 6) is 0.212. The van der Waals surface area contributed by atoms with Gasteiger partial charge < -0.3 is 10.2 Å². The van der Waals surface area contributed by atoms with Crippen molar-refractivity contribution in [2.75, 3.05) is 19.6 Å². The highest BCUT2D eigenvalue weighted by molar-refractivity contribution is 5.94. The first-order valence-electron chi connectivity index (χ1n) is 8.63. The number of nitrogens with zero attached hydrogens (tertiary/aromatic N) is 2. The van der Waals surface area contributed by atoms with Crippen LogP contribution in [-0.4, -0.2) is 41.3 Å². The first-order chi connectivity index (χ1) is 12.1. The van der Waals surface area contributed by atoms with Gasteiger partial charge in [-0.15, -0.1) is 0 Å². The van der Waals surface area contributed by atoms with Gasteiger partial charge in [-0.1, -0.05) is 30.3 Å². The minimum Gasteiger partial charge on any atom is -0.352 e. The predicted octanol–water partition coefficient (Wildman–Crippen LogP) is 2.21. The van der Waals surface area contributed by atoms with Crippen LogP contribution < -0.4 is 5.32 Å².